The van der Waals surface area contributed by atoms with Crippen LogP contribution in [0.2, 0.25) is 0 Å². The van der Waals surface area contributed by atoms with Crippen LogP contribution in [-0.4, -0.2) is 55.9 Å². The molecule has 0 atom stereocenters. The number of rotatable bonds is 5. The number of nitrogens with zero attached hydrogens (tertiary/aromatic N) is 3. The lowest BCUT2D eigenvalue weighted by Gasteiger charge is -2.26. The van der Waals surface area contributed by atoms with Crippen LogP contribution in [0.25, 0.3) is 17.3 Å². The number of aromatic nitrogens is 1. The molecule has 0 saturated carbocycles. The van der Waals surface area contributed by atoms with Gasteiger partial charge in [-0.1, -0.05) is 0 Å². The number of amides is 1. The molecule has 0 aliphatic carbocycles. The van der Waals surface area contributed by atoms with Gasteiger partial charge in [0.1, 0.15) is 28.0 Å². The molecule has 0 radical (unpaired) electrons. The highest BCUT2D eigenvalue weighted by atomic mass is 32.1. The third kappa shape index (κ3) is 4.96. The number of morpholine rings is 1. The molecule has 1 saturated heterocycles. The number of carbonyl (C=O) groups excluding carboxylic acids is 1. The van der Waals surface area contributed by atoms with Crippen molar-refractivity contribution in [2.75, 3.05) is 40.5 Å². The average Bonchev–Trinajstić information content (AvgIpc) is 3.20. The molecule has 0 unspecified atom stereocenters. The van der Waals surface area contributed by atoms with Crippen molar-refractivity contribution in [3.05, 3.63) is 73.4 Å². The Hall–Kier alpha value is -3.94. The molecule has 1 aromatic heterocycles. The summed E-state index contributed by atoms with van der Waals surface area (Å²) < 4.78 is 31.3. The van der Waals surface area contributed by atoms with E-state index in [9.17, 15) is 19.2 Å². The van der Waals surface area contributed by atoms with Crippen molar-refractivity contribution in [3.63, 3.8) is 0 Å². The van der Waals surface area contributed by atoms with Crippen molar-refractivity contribution >= 4 is 28.9 Å². The lowest BCUT2D eigenvalue weighted by molar-refractivity contribution is -0.128. The van der Waals surface area contributed by atoms with Gasteiger partial charge in [-0.3, -0.25) is 14.2 Å². The van der Waals surface area contributed by atoms with Crippen molar-refractivity contribution in [1.82, 2.24) is 9.47 Å². The molecule has 1 amide bonds. The summed E-state index contributed by atoms with van der Waals surface area (Å²) in [5.41, 5.74) is 0.339. The molecule has 3 aromatic rings. The molecular formula is C25H22FN3O5S. The van der Waals surface area contributed by atoms with Gasteiger partial charge in [-0.25, -0.2) is 4.39 Å². The predicted molar refractivity (Wildman–Crippen MR) is 129 cm³/mol. The number of ether oxygens (including phenoxy) is 3. The number of methoxy groups -OCH3 is 2. The molecule has 8 nitrogen and oxygen atoms in total. The molecule has 0 bridgehead atoms. The fourth-order valence-corrected chi connectivity index (χ4v) is 4.75. The normalized spacial score (nSPS) is 14.9. The summed E-state index contributed by atoms with van der Waals surface area (Å²) in [6.45, 7) is 1.43. The van der Waals surface area contributed by atoms with Crippen molar-refractivity contribution in [3.8, 4) is 23.3 Å². The number of benzene rings is 2. The molecule has 1 aliphatic heterocycles. The lowest BCUT2D eigenvalue weighted by Crippen LogP contribution is -2.42. The van der Waals surface area contributed by atoms with E-state index < -0.39 is 17.3 Å². The van der Waals surface area contributed by atoms with Crippen LogP contribution in [-0.2, 0) is 9.53 Å². The molecule has 4 rings (SSSR count). The monoisotopic (exact) mass is 495 g/mol. The second kappa shape index (κ2) is 10.5. The van der Waals surface area contributed by atoms with Crippen molar-refractivity contribution in [1.29, 1.82) is 5.26 Å². The maximum absolute atomic E-state index is 13.6. The van der Waals surface area contributed by atoms with Gasteiger partial charge in [0, 0.05) is 24.7 Å². The third-order valence-electron chi connectivity index (χ3n) is 5.47. The molecule has 2 aromatic carbocycles. The summed E-state index contributed by atoms with van der Waals surface area (Å²) in [5.74, 6) is 0.121. The Balaban J connectivity index is 1.99. The highest BCUT2D eigenvalue weighted by molar-refractivity contribution is 7.07. The van der Waals surface area contributed by atoms with E-state index in [1.54, 1.807) is 24.3 Å². The number of hydrogen-bond donors (Lipinski definition) is 0. The standard InChI is InChI=1S/C25H22FN3O5S/c1-32-19-8-3-16(21(14-19)33-2)13-22-24(31)29(18-6-4-17(26)5-7-18)25(35-22)20(15-27)23(30)28-9-11-34-12-10-28/h3-8,13-14H,9-12H2,1-2H3/b22-13-,25-20-. The van der Waals surface area contributed by atoms with Gasteiger partial charge in [-0.05, 0) is 42.5 Å². The highest BCUT2D eigenvalue weighted by Crippen LogP contribution is 2.25. The summed E-state index contributed by atoms with van der Waals surface area (Å²) in [6, 6.07) is 12.4. The van der Waals surface area contributed by atoms with Crippen LogP contribution < -0.4 is 24.2 Å². The SMILES string of the molecule is COc1ccc(/C=c2\s/c(=C(/C#N)C(=O)N3CCOCC3)n(-c3ccc(F)cc3)c2=O)c(OC)c1. The Morgan fingerprint density at radius 1 is 1.14 bits per heavy atom. The van der Waals surface area contributed by atoms with E-state index in [0.29, 0.717) is 49.1 Å². The van der Waals surface area contributed by atoms with Crippen LogP contribution in [0.4, 0.5) is 4.39 Å². The average molecular weight is 496 g/mol. The maximum atomic E-state index is 13.6. The minimum atomic E-state index is -0.485. The zero-order valence-corrected chi connectivity index (χ0v) is 19.9. The van der Waals surface area contributed by atoms with Crippen LogP contribution in [0.5, 0.6) is 11.5 Å². The number of thiazole rings is 1. The van der Waals surface area contributed by atoms with Crippen LogP contribution >= 0.6 is 11.3 Å². The van der Waals surface area contributed by atoms with Crippen molar-refractivity contribution < 1.29 is 23.4 Å². The van der Waals surface area contributed by atoms with Crippen molar-refractivity contribution in [2.45, 2.75) is 0 Å². The molecule has 1 fully saturated rings. The Kier molecular flexibility index (Phi) is 7.29. The van der Waals surface area contributed by atoms with Crippen LogP contribution in [0.1, 0.15) is 5.56 Å². The number of carbonyl (C=O) groups is 1. The van der Waals surface area contributed by atoms with E-state index in [4.69, 9.17) is 14.2 Å². The van der Waals surface area contributed by atoms with Crippen LogP contribution in [0.3, 0.4) is 0 Å². The maximum Gasteiger partial charge on any atom is 0.273 e. The van der Waals surface area contributed by atoms with Gasteiger partial charge in [0.05, 0.1) is 37.7 Å². The lowest BCUT2D eigenvalue weighted by atomic mass is 10.2. The minimum absolute atomic E-state index is 0.166. The van der Waals surface area contributed by atoms with E-state index in [0.717, 1.165) is 11.3 Å². The third-order valence-corrected chi connectivity index (χ3v) is 6.57. The molecular weight excluding hydrogens is 473 g/mol. The van der Waals surface area contributed by atoms with Gasteiger partial charge in [0.2, 0.25) is 0 Å². The summed E-state index contributed by atoms with van der Waals surface area (Å²) in [5, 5.41) is 9.95. The van der Waals surface area contributed by atoms with Crippen molar-refractivity contribution in [2.24, 2.45) is 0 Å². The molecule has 0 spiro atoms. The summed E-state index contributed by atoms with van der Waals surface area (Å²) in [6.07, 6.45) is 1.63. The Labute approximate surface area is 204 Å². The Morgan fingerprint density at radius 2 is 1.86 bits per heavy atom. The topological polar surface area (TPSA) is 93.8 Å². The zero-order valence-electron chi connectivity index (χ0n) is 19.1. The molecule has 35 heavy (non-hydrogen) atoms. The zero-order chi connectivity index (χ0) is 24.9. The second-order valence-corrected chi connectivity index (χ2v) is 8.56. The van der Waals surface area contributed by atoms with Crippen LogP contribution in [0.15, 0.2) is 47.3 Å². The van der Waals surface area contributed by atoms with E-state index in [1.807, 2.05) is 6.07 Å². The Morgan fingerprint density at radius 3 is 2.49 bits per heavy atom. The fourth-order valence-electron chi connectivity index (χ4n) is 3.67. The summed E-state index contributed by atoms with van der Waals surface area (Å²) >= 11 is 1.01. The largest absolute Gasteiger partial charge is 0.497 e. The quantitative estimate of drug-likeness (QED) is 0.532. The van der Waals surface area contributed by atoms with Crippen LogP contribution in [0, 0.1) is 17.1 Å². The van der Waals surface area contributed by atoms with Gasteiger partial charge in [-0.2, -0.15) is 5.26 Å². The predicted octanol–water partition coefficient (Wildman–Crippen LogP) is 1.42. The summed E-state index contributed by atoms with van der Waals surface area (Å²) in [4.78, 5) is 28.3. The Bertz CT molecular complexity index is 1460. The molecule has 0 N–H and O–H groups in total. The van der Waals surface area contributed by atoms with E-state index in [2.05, 4.69) is 0 Å². The first-order valence-electron chi connectivity index (χ1n) is 10.7. The molecule has 180 valence electrons. The number of nitriles is 1. The van der Waals surface area contributed by atoms with E-state index >= 15 is 0 Å². The number of halogens is 1. The van der Waals surface area contributed by atoms with Gasteiger partial charge in [-0.15, -0.1) is 11.3 Å². The fraction of sp³-hybridized carbons (Fsp3) is 0.240. The van der Waals surface area contributed by atoms with Gasteiger partial charge >= 0.3 is 0 Å². The molecule has 2 heterocycles. The van der Waals surface area contributed by atoms with Gasteiger partial charge in [0.15, 0.2) is 5.57 Å². The second-order valence-electron chi connectivity index (χ2n) is 7.53. The van der Waals surface area contributed by atoms with Gasteiger partial charge < -0.3 is 19.1 Å². The first kappa shape index (κ1) is 24.2. The minimum Gasteiger partial charge on any atom is -0.497 e. The van der Waals surface area contributed by atoms with E-state index in [1.165, 1.54) is 48.0 Å². The van der Waals surface area contributed by atoms with Gasteiger partial charge in [0.25, 0.3) is 11.5 Å². The van der Waals surface area contributed by atoms with E-state index in [-0.39, 0.29) is 14.8 Å². The number of hydrogen-bond acceptors (Lipinski definition) is 7. The molecule has 1 aliphatic rings. The smallest absolute Gasteiger partial charge is 0.273 e. The first-order valence-corrected chi connectivity index (χ1v) is 11.5. The first-order chi connectivity index (χ1) is 17.0. The molecule has 10 heteroatoms. The summed E-state index contributed by atoms with van der Waals surface area (Å²) in [7, 11) is 3.04. The highest BCUT2D eigenvalue weighted by Gasteiger charge is 2.24.